The van der Waals surface area contributed by atoms with E-state index in [4.69, 9.17) is 14.2 Å². The molecule has 90 valence electrons. The fourth-order valence-electron chi connectivity index (χ4n) is 1.37. The molecule has 0 aliphatic rings. The second-order valence-corrected chi connectivity index (χ2v) is 3.12. The second kappa shape index (κ2) is 6.07. The lowest BCUT2D eigenvalue weighted by molar-refractivity contribution is 0.324. The first-order chi connectivity index (χ1) is 7.76. The van der Waals surface area contributed by atoms with E-state index in [2.05, 4.69) is 10.6 Å². The van der Waals surface area contributed by atoms with Gasteiger partial charge in [-0.3, -0.25) is 0 Å². The third kappa shape index (κ3) is 2.70. The molecule has 1 aromatic carbocycles. The molecule has 0 aromatic heterocycles. The highest BCUT2D eigenvalue weighted by Crippen LogP contribution is 2.39. The molecule has 5 nitrogen and oxygen atoms in total. The molecule has 0 spiro atoms. The van der Waals surface area contributed by atoms with E-state index in [1.165, 1.54) is 0 Å². The summed E-state index contributed by atoms with van der Waals surface area (Å²) >= 11 is 0. The first-order valence-electron chi connectivity index (χ1n) is 4.95. The van der Waals surface area contributed by atoms with Gasteiger partial charge in [0.15, 0.2) is 11.5 Å². The van der Waals surface area contributed by atoms with Crippen LogP contribution in [0, 0.1) is 0 Å². The summed E-state index contributed by atoms with van der Waals surface area (Å²) in [6.45, 7) is 0.665. The maximum absolute atomic E-state index is 5.23. The normalized spacial score (nSPS) is 9.75. The van der Waals surface area contributed by atoms with E-state index in [9.17, 15) is 0 Å². The number of ether oxygens (including phenoxy) is 3. The number of hydrogen-bond donors (Lipinski definition) is 2. The Hall–Kier alpha value is -1.62. The van der Waals surface area contributed by atoms with Crippen LogP contribution in [0.2, 0.25) is 0 Å². The van der Waals surface area contributed by atoms with Crippen molar-refractivity contribution in [2.24, 2.45) is 0 Å². The van der Waals surface area contributed by atoms with Gasteiger partial charge in [-0.25, -0.2) is 0 Å². The highest BCUT2D eigenvalue weighted by atomic mass is 16.5. The number of hydrogen-bond acceptors (Lipinski definition) is 5. The summed E-state index contributed by atoms with van der Waals surface area (Å²) in [6.07, 6.45) is 0. The van der Waals surface area contributed by atoms with Crippen LogP contribution < -0.4 is 24.8 Å². The van der Waals surface area contributed by atoms with Gasteiger partial charge in [0.2, 0.25) is 5.75 Å². The Bertz CT molecular complexity index is 317. The minimum absolute atomic E-state index is 0.597. The highest BCUT2D eigenvalue weighted by Gasteiger charge is 2.12. The Morgan fingerprint density at radius 2 is 1.56 bits per heavy atom. The van der Waals surface area contributed by atoms with Crippen molar-refractivity contribution in [1.82, 2.24) is 5.32 Å². The lowest BCUT2D eigenvalue weighted by atomic mass is 10.2. The Balaban J connectivity index is 3.05. The van der Waals surface area contributed by atoms with Crippen LogP contribution in [0.3, 0.4) is 0 Å². The molecule has 0 aliphatic carbocycles. The van der Waals surface area contributed by atoms with Gasteiger partial charge in [0, 0.05) is 17.8 Å². The molecule has 0 unspecified atom stereocenters. The van der Waals surface area contributed by atoms with Gasteiger partial charge in [-0.15, -0.1) is 0 Å². The number of anilines is 1. The summed E-state index contributed by atoms with van der Waals surface area (Å²) in [4.78, 5) is 0. The second-order valence-electron chi connectivity index (χ2n) is 3.12. The van der Waals surface area contributed by atoms with Crippen LogP contribution in [0.25, 0.3) is 0 Å². The van der Waals surface area contributed by atoms with Crippen molar-refractivity contribution >= 4 is 5.69 Å². The van der Waals surface area contributed by atoms with E-state index in [-0.39, 0.29) is 0 Å². The molecule has 0 saturated heterocycles. The van der Waals surface area contributed by atoms with Crippen molar-refractivity contribution in [3.8, 4) is 17.2 Å². The molecule has 5 heteroatoms. The molecule has 0 aliphatic heterocycles. The van der Waals surface area contributed by atoms with E-state index < -0.39 is 0 Å². The standard InChI is InChI=1S/C11H18N2O3/c1-12-7-13-8-5-9(14-2)11(16-4)10(6-8)15-3/h5-6,12-13H,7H2,1-4H3. The fraction of sp³-hybridized carbons (Fsp3) is 0.455. The Morgan fingerprint density at radius 3 is 1.94 bits per heavy atom. The SMILES string of the molecule is CNCNc1cc(OC)c(OC)c(OC)c1. The number of rotatable bonds is 6. The molecular weight excluding hydrogens is 208 g/mol. The van der Waals surface area contributed by atoms with Crippen LogP contribution in [0.4, 0.5) is 5.69 Å². The number of nitrogens with one attached hydrogen (secondary N) is 2. The van der Waals surface area contributed by atoms with Gasteiger partial charge >= 0.3 is 0 Å². The largest absolute Gasteiger partial charge is 0.493 e. The maximum atomic E-state index is 5.23. The molecule has 16 heavy (non-hydrogen) atoms. The smallest absolute Gasteiger partial charge is 0.203 e. The van der Waals surface area contributed by atoms with Gasteiger partial charge in [-0.2, -0.15) is 0 Å². The van der Waals surface area contributed by atoms with E-state index in [1.54, 1.807) is 21.3 Å². The molecule has 0 bridgehead atoms. The molecule has 1 aromatic rings. The number of benzene rings is 1. The van der Waals surface area contributed by atoms with Crippen molar-refractivity contribution in [3.05, 3.63) is 12.1 Å². The molecule has 2 N–H and O–H groups in total. The van der Waals surface area contributed by atoms with Gasteiger partial charge < -0.3 is 24.8 Å². The van der Waals surface area contributed by atoms with Crippen LogP contribution in [0.1, 0.15) is 0 Å². The van der Waals surface area contributed by atoms with Gasteiger partial charge in [0.05, 0.1) is 28.0 Å². The third-order valence-electron chi connectivity index (χ3n) is 2.13. The van der Waals surface area contributed by atoms with E-state index in [1.807, 2.05) is 19.2 Å². The summed E-state index contributed by atoms with van der Waals surface area (Å²) < 4.78 is 15.7. The topological polar surface area (TPSA) is 51.8 Å². The van der Waals surface area contributed by atoms with E-state index in [0.29, 0.717) is 23.9 Å². The van der Waals surface area contributed by atoms with Crippen molar-refractivity contribution in [2.45, 2.75) is 0 Å². The van der Waals surface area contributed by atoms with Crippen LogP contribution in [0.5, 0.6) is 17.2 Å². The van der Waals surface area contributed by atoms with Crippen molar-refractivity contribution in [3.63, 3.8) is 0 Å². The molecular formula is C11H18N2O3. The summed E-state index contributed by atoms with van der Waals surface area (Å²) in [7, 11) is 6.64. The summed E-state index contributed by atoms with van der Waals surface area (Å²) in [6, 6.07) is 3.72. The third-order valence-corrected chi connectivity index (χ3v) is 2.13. The predicted octanol–water partition coefficient (Wildman–Crippen LogP) is 1.30. The van der Waals surface area contributed by atoms with Gasteiger partial charge in [-0.1, -0.05) is 0 Å². The van der Waals surface area contributed by atoms with Crippen LogP contribution in [-0.4, -0.2) is 35.0 Å². The average Bonchev–Trinajstić information content (AvgIpc) is 2.34. The van der Waals surface area contributed by atoms with Crippen molar-refractivity contribution < 1.29 is 14.2 Å². The lowest BCUT2D eigenvalue weighted by Gasteiger charge is -2.14. The van der Waals surface area contributed by atoms with Gasteiger partial charge in [-0.05, 0) is 7.05 Å². The molecule has 0 fully saturated rings. The first-order valence-corrected chi connectivity index (χ1v) is 4.95. The summed E-state index contributed by atoms with van der Waals surface area (Å²) in [5.41, 5.74) is 0.906. The quantitative estimate of drug-likeness (QED) is 0.716. The minimum atomic E-state index is 0.597. The summed E-state index contributed by atoms with van der Waals surface area (Å²) in [5, 5.41) is 6.16. The van der Waals surface area contributed by atoms with Crippen molar-refractivity contribution in [1.29, 1.82) is 0 Å². The van der Waals surface area contributed by atoms with Gasteiger partial charge in [0.25, 0.3) is 0 Å². The predicted molar refractivity (Wildman–Crippen MR) is 63.6 cm³/mol. The summed E-state index contributed by atoms with van der Waals surface area (Å²) in [5.74, 6) is 1.88. The molecule has 0 heterocycles. The lowest BCUT2D eigenvalue weighted by Crippen LogP contribution is -2.16. The van der Waals surface area contributed by atoms with E-state index in [0.717, 1.165) is 5.69 Å². The van der Waals surface area contributed by atoms with Crippen LogP contribution in [0.15, 0.2) is 12.1 Å². The fourth-order valence-corrected chi connectivity index (χ4v) is 1.37. The first kappa shape index (κ1) is 12.4. The van der Waals surface area contributed by atoms with Crippen LogP contribution in [-0.2, 0) is 0 Å². The average molecular weight is 226 g/mol. The number of methoxy groups -OCH3 is 3. The molecule has 1 rings (SSSR count). The molecule has 0 radical (unpaired) electrons. The zero-order chi connectivity index (χ0) is 12.0. The monoisotopic (exact) mass is 226 g/mol. The Morgan fingerprint density at radius 1 is 1.00 bits per heavy atom. The van der Waals surface area contributed by atoms with Gasteiger partial charge in [0.1, 0.15) is 0 Å². The molecule has 0 saturated carbocycles. The highest BCUT2D eigenvalue weighted by molar-refractivity contribution is 5.62. The van der Waals surface area contributed by atoms with Crippen LogP contribution >= 0.6 is 0 Å². The molecule has 0 amide bonds. The van der Waals surface area contributed by atoms with E-state index >= 15 is 0 Å². The zero-order valence-corrected chi connectivity index (χ0v) is 10.1. The Labute approximate surface area is 95.7 Å². The zero-order valence-electron chi connectivity index (χ0n) is 10.1. The minimum Gasteiger partial charge on any atom is -0.493 e. The molecule has 0 atom stereocenters. The van der Waals surface area contributed by atoms with Crippen molar-refractivity contribution in [2.75, 3.05) is 40.4 Å². The maximum Gasteiger partial charge on any atom is 0.203 e. The Kier molecular flexibility index (Phi) is 4.72.